The SMILES string of the molecule is Cn1nc(C2CCC(=O)NC2=O)c2ccc(C3CCN(C[C@H]4CC[C@H](C(=O)OC(C)(C)C)CC4)CC3)cc21. The van der Waals surface area contributed by atoms with E-state index in [0.29, 0.717) is 24.7 Å². The Bertz CT molecular complexity index is 1200. The summed E-state index contributed by atoms with van der Waals surface area (Å²) in [5.74, 6) is 0.420. The highest BCUT2D eigenvalue weighted by Crippen LogP contribution is 2.36. The van der Waals surface area contributed by atoms with E-state index in [9.17, 15) is 14.4 Å². The van der Waals surface area contributed by atoms with E-state index >= 15 is 0 Å². The summed E-state index contributed by atoms with van der Waals surface area (Å²) in [7, 11) is 1.93. The first-order valence-corrected chi connectivity index (χ1v) is 14.3. The van der Waals surface area contributed by atoms with Gasteiger partial charge in [-0.25, -0.2) is 0 Å². The minimum absolute atomic E-state index is 0.0219. The van der Waals surface area contributed by atoms with Crippen LogP contribution in [0.3, 0.4) is 0 Å². The van der Waals surface area contributed by atoms with Crippen molar-refractivity contribution in [2.24, 2.45) is 18.9 Å². The first-order valence-electron chi connectivity index (χ1n) is 14.3. The van der Waals surface area contributed by atoms with Crippen molar-refractivity contribution in [2.75, 3.05) is 19.6 Å². The van der Waals surface area contributed by atoms with Crippen LogP contribution in [0, 0.1) is 11.8 Å². The largest absolute Gasteiger partial charge is 0.460 e. The maximum atomic E-state index is 12.4. The van der Waals surface area contributed by atoms with Crippen molar-refractivity contribution in [3.8, 4) is 0 Å². The zero-order valence-electron chi connectivity index (χ0n) is 23.3. The first kappa shape index (κ1) is 26.9. The highest BCUT2D eigenvalue weighted by Gasteiger charge is 2.33. The monoisotopic (exact) mass is 522 g/mol. The van der Waals surface area contributed by atoms with Crippen LogP contribution in [-0.2, 0) is 26.2 Å². The molecule has 1 atom stereocenters. The second kappa shape index (κ2) is 10.8. The molecule has 8 heteroatoms. The van der Waals surface area contributed by atoms with Crippen LogP contribution >= 0.6 is 0 Å². The van der Waals surface area contributed by atoms with Crippen LogP contribution in [0.15, 0.2) is 18.2 Å². The lowest BCUT2D eigenvalue weighted by atomic mass is 9.81. The van der Waals surface area contributed by atoms with Crippen molar-refractivity contribution in [1.29, 1.82) is 0 Å². The Morgan fingerprint density at radius 2 is 1.76 bits per heavy atom. The van der Waals surface area contributed by atoms with E-state index in [4.69, 9.17) is 9.84 Å². The third-order valence-corrected chi connectivity index (χ3v) is 8.64. The average Bonchev–Trinajstić information content (AvgIpc) is 3.19. The summed E-state index contributed by atoms with van der Waals surface area (Å²) in [5.41, 5.74) is 2.75. The number of hydrogen-bond donors (Lipinski definition) is 1. The number of aromatic nitrogens is 2. The van der Waals surface area contributed by atoms with E-state index in [1.165, 1.54) is 5.56 Å². The summed E-state index contributed by atoms with van der Waals surface area (Å²) in [6, 6.07) is 6.57. The molecular weight excluding hydrogens is 480 g/mol. The predicted molar refractivity (Wildman–Crippen MR) is 146 cm³/mol. The summed E-state index contributed by atoms with van der Waals surface area (Å²) in [5, 5.41) is 8.16. The number of piperidine rings is 2. The highest BCUT2D eigenvalue weighted by atomic mass is 16.6. The van der Waals surface area contributed by atoms with Crippen molar-refractivity contribution >= 4 is 28.7 Å². The summed E-state index contributed by atoms with van der Waals surface area (Å²) in [4.78, 5) is 39.0. The fourth-order valence-electron chi connectivity index (χ4n) is 6.55. The second-order valence-electron chi connectivity index (χ2n) is 12.6. The molecule has 0 bridgehead atoms. The Kier molecular flexibility index (Phi) is 7.63. The number of benzene rings is 1. The van der Waals surface area contributed by atoms with Gasteiger partial charge in [-0.3, -0.25) is 24.4 Å². The third kappa shape index (κ3) is 5.95. The Hall–Kier alpha value is -2.74. The lowest BCUT2D eigenvalue weighted by Gasteiger charge is -2.36. The average molecular weight is 523 g/mol. The number of nitrogens with zero attached hydrogens (tertiary/aromatic N) is 3. The van der Waals surface area contributed by atoms with Crippen molar-refractivity contribution in [2.45, 2.75) is 89.6 Å². The van der Waals surface area contributed by atoms with Crippen molar-refractivity contribution in [1.82, 2.24) is 20.0 Å². The van der Waals surface area contributed by atoms with Gasteiger partial charge in [0, 0.05) is 25.4 Å². The molecule has 2 amide bonds. The Morgan fingerprint density at radius 1 is 1.05 bits per heavy atom. The standard InChI is InChI=1S/C30H42N4O4/c1-30(2,3)38-29(37)21-7-5-19(6-8-21)18-34-15-13-20(14-16-34)22-9-10-23-25(17-22)33(4)32-27(23)24-11-12-26(35)31-28(24)36/h9-10,17,19-21,24H,5-8,11-16,18H2,1-4H3,(H,31,35,36)/t19-,21-,24?. The van der Waals surface area contributed by atoms with E-state index in [2.05, 4.69) is 28.4 Å². The van der Waals surface area contributed by atoms with Gasteiger partial charge in [0.05, 0.1) is 23.0 Å². The van der Waals surface area contributed by atoms with Gasteiger partial charge in [-0.2, -0.15) is 5.10 Å². The van der Waals surface area contributed by atoms with Gasteiger partial charge in [-0.05, 0) is 102 Å². The number of esters is 1. The number of ether oxygens (including phenoxy) is 1. The van der Waals surface area contributed by atoms with Crippen LogP contribution in [0.25, 0.3) is 10.9 Å². The van der Waals surface area contributed by atoms with Crippen LogP contribution < -0.4 is 5.32 Å². The molecule has 1 aliphatic carbocycles. The zero-order valence-corrected chi connectivity index (χ0v) is 23.3. The van der Waals surface area contributed by atoms with E-state index in [-0.39, 0.29) is 29.6 Å². The smallest absolute Gasteiger partial charge is 0.309 e. The minimum Gasteiger partial charge on any atom is -0.460 e. The fourth-order valence-corrected chi connectivity index (χ4v) is 6.55. The van der Waals surface area contributed by atoms with E-state index in [0.717, 1.165) is 74.8 Å². The maximum absolute atomic E-state index is 12.4. The van der Waals surface area contributed by atoms with Gasteiger partial charge in [-0.15, -0.1) is 0 Å². The molecule has 0 spiro atoms. The number of aryl methyl sites for hydroxylation is 1. The van der Waals surface area contributed by atoms with Crippen LogP contribution in [-0.4, -0.2) is 57.7 Å². The molecule has 206 valence electrons. The molecule has 2 aliphatic heterocycles. The molecule has 3 heterocycles. The molecule has 5 rings (SSSR count). The molecule has 2 aromatic rings. The number of likely N-dealkylation sites (tertiary alicyclic amines) is 1. The molecule has 1 aromatic heterocycles. The van der Waals surface area contributed by atoms with Crippen LogP contribution in [0.5, 0.6) is 0 Å². The van der Waals surface area contributed by atoms with Gasteiger partial charge in [0.15, 0.2) is 0 Å². The summed E-state index contributed by atoms with van der Waals surface area (Å²) < 4.78 is 7.48. The molecule has 1 saturated carbocycles. The molecular formula is C30H42N4O4. The zero-order chi connectivity index (χ0) is 27.0. The minimum atomic E-state index is -0.407. The second-order valence-corrected chi connectivity index (χ2v) is 12.6. The molecule has 2 saturated heterocycles. The predicted octanol–water partition coefficient (Wildman–Crippen LogP) is 4.42. The summed E-state index contributed by atoms with van der Waals surface area (Å²) >= 11 is 0. The first-order chi connectivity index (χ1) is 18.1. The number of fused-ring (bicyclic) bond motifs is 1. The number of rotatable bonds is 5. The molecule has 1 aromatic carbocycles. The lowest BCUT2D eigenvalue weighted by molar-refractivity contribution is -0.161. The Balaban J connectivity index is 1.14. The lowest BCUT2D eigenvalue weighted by Crippen LogP contribution is -2.39. The van der Waals surface area contributed by atoms with E-state index in [1.54, 1.807) is 0 Å². The van der Waals surface area contributed by atoms with Crippen molar-refractivity contribution in [3.05, 3.63) is 29.5 Å². The van der Waals surface area contributed by atoms with E-state index < -0.39 is 5.60 Å². The number of hydrogen-bond acceptors (Lipinski definition) is 6. The van der Waals surface area contributed by atoms with Crippen LogP contribution in [0.1, 0.15) is 95.2 Å². The number of nitrogens with one attached hydrogen (secondary N) is 1. The summed E-state index contributed by atoms with van der Waals surface area (Å²) in [6.45, 7) is 9.14. The number of carbonyl (C=O) groups excluding carboxylic acids is 3. The molecule has 8 nitrogen and oxygen atoms in total. The normalized spacial score (nSPS) is 25.9. The van der Waals surface area contributed by atoms with Gasteiger partial charge in [-0.1, -0.05) is 12.1 Å². The maximum Gasteiger partial charge on any atom is 0.309 e. The number of carbonyl (C=O) groups is 3. The quantitative estimate of drug-likeness (QED) is 0.462. The number of imide groups is 1. The Labute approximate surface area is 225 Å². The molecule has 38 heavy (non-hydrogen) atoms. The van der Waals surface area contributed by atoms with Gasteiger partial charge in [0.25, 0.3) is 0 Å². The Morgan fingerprint density at radius 3 is 2.42 bits per heavy atom. The molecule has 0 radical (unpaired) electrons. The van der Waals surface area contributed by atoms with Crippen molar-refractivity contribution in [3.63, 3.8) is 0 Å². The highest BCUT2D eigenvalue weighted by molar-refractivity contribution is 6.02. The van der Waals surface area contributed by atoms with Gasteiger partial charge >= 0.3 is 5.97 Å². The molecule has 3 fully saturated rings. The van der Waals surface area contributed by atoms with Gasteiger partial charge in [0.2, 0.25) is 11.8 Å². The van der Waals surface area contributed by atoms with Crippen LogP contribution in [0.2, 0.25) is 0 Å². The molecule has 3 aliphatic rings. The number of amides is 2. The van der Waals surface area contributed by atoms with Crippen molar-refractivity contribution < 1.29 is 19.1 Å². The summed E-state index contributed by atoms with van der Waals surface area (Å²) in [6.07, 6.45) is 7.25. The van der Waals surface area contributed by atoms with Crippen LogP contribution in [0.4, 0.5) is 0 Å². The van der Waals surface area contributed by atoms with Gasteiger partial charge < -0.3 is 9.64 Å². The fraction of sp³-hybridized carbons (Fsp3) is 0.667. The third-order valence-electron chi connectivity index (χ3n) is 8.64. The topological polar surface area (TPSA) is 93.5 Å². The molecule has 1 unspecified atom stereocenters. The van der Waals surface area contributed by atoms with E-state index in [1.807, 2.05) is 32.5 Å². The molecule has 1 N–H and O–H groups in total. The van der Waals surface area contributed by atoms with Gasteiger partial charge in [0.1, 0.15) is 5.60 Å².